The van der Waals surface area contributed by atoms with Crippen LogP contribution in [0.25, 0.3) is 0 Å². The molecule has 1 aromatic rings. The van der Waals surface area contributed by atoms with Crippen LogP contribution in [0, 0.1) is 15.5 Å². The molecule has 1 fully saturated rings. The van der Waals surface area contributed by atoms with E-state index in [1.165, 1.54) is 18.9 Å². The molecule has 0 bridgehead atoms. The number of hydrogen-bond donors (Lipinski definition) is 2. The molecule has 6 nitrogen and oxygen atoms in total. The first-order chi connectivity index (χ1) is 8.87. The molecule has 0 unspecified atom stereocenters. The molecule has 0 aromatic carbocycles. The van der Waals surface area contributed by atoms with Crippen molar-refractivity contribution in [3.05, 3.63) is 22.2 Å². The minimum atomic E-state index is -0.519. The lowest BCUT2D eigenvalue weighted by atomic mass is 9.75. The lowest BCUT2D eigenvalue weighted by molar-refractivity contribution is -0.384. The predicted octanol–water partition coefficient (Wildman–Crippen LogP) is 2.95. The molecule has 6 heteroatoms. The molecule has 2 rings (SSSR count). The molecular weight excluding hydrogens is 244 g/mol. The summed E-state index contributed by atoms with van der Waals surface area (Å²) in [5, 5.41) is 14.0. The SMILES string of the molecule is CC1(C)CCC(Nc2ccc([N+](=O)[O-])c(N)n2)CC1. The van der Waals surface area contributed by atoms with Gasteiger partial charge in [-0.3, -0.25) is 10.1 Å². The molecule has 19 heavy (non-hydrogen) atoms. The van der Waals surface area contributed by atoms with Gasteiger partial charge in [-0.15, -0.1) is 0 Å². The van der Waals surface area contributed by atoms with Crippen LogP contribution in [-0.2, 0) is 0 Å². The minimum Gasteiger partial charge on any atom is -0.378 e. The minimum absolute atomic E-state index is 0.0360. The first-order valence-corrected chi connectivity index (χ1v) is 6.55. The maximum absolute atomic E-state index is 10.7. The van der Waals surface area contributed by atoms with Crippen LogP contribution in [-0.4, -0.2) is 15.9 Å². The van der Waals surface area contributed by atoms with Crippen molar-refractivity contribution in [1.29, 1.82) is 0 Å². The summed E-state index contributed by atoms with van der Waals surface area (Å²) in [4.78, 5) is 14.2. The van der Waals surface area contributed by atoms with Crippen molar-refractivity contribution in [2.24, 2.45) is 5.41 Å². The van der Waals surface area contributed by atoms with E-state index in [0.717, 1.165) is 12.8 Å². The fourth-order valence-electron chi connectivity index (χ4n) is 2.46. The van der Waals surface area contributed by atoms with Gasteiger partial charge < -0.3 is 11.1 Å². The van der Waals surface area contributed by atoms with Crippen molar-refractivity contribution in [2.45, 2.75) is 45.6 Å². The van der Waals surface area contributed by atoms with Crippen molar-refractivity contribution in [3.63, 3.8) is 0 Å². The Labute approximate surface area is 112 Å². The highest BCUT2D eigenvalue weighted by Gasteiger charge is 2.27. The zero-order valence-corrected chi connectivity index (χ0v) is 11.3. The van der Waals surface area contributed by atoms with Gasteiger partial charge in [-0.25, -0.2) is 4.98 Å². The summed E-state index contributed by atoms with van der Waals surface area (Å²) in [5.41, 5.74) is 5.85. The number of rotatable bonds is 3. The van der Waals surface area contributed by atoms with Gasteiger partial charge in [0.15, 0.2) is 0 Å². The zero-order chi connectivity index (χ0) is 14.0. The van der Waals surface area contributed by atoms with E-state index in [1.807, 2.05) is 0 Å². The van der Waals surface area contributed by atoms with Gasteiger partial charge in [-0.05, 0) is 37.2 Å². The van der Waals surface area contributed by atoms with Crippen molar-refractivity contribution in [2.75, 3.05) is 11.1 Å². The fourth-order valence-corrected chi connectivity index (χ4v) is 2.46. The second-order valence-electron chi connectivity index (χ2n) is 5.94. The van der Waals surface area contributed by atoms with E-state index < -0.39 is 4.92 Å². The van der Waals surface area contributed by atoms with Gasteiger partial charge in [0, 0.05) is 12.1 Å². The number of nitro groups is 1. The topological polar surface area (TPSA) is 94.1 Å². The van der Waals surface area contributed by atoms with Gasteiger partial charge in [0.05, 0.1) is 4.92 Å². The molecule has 0 atom stereocenters. The molecule has 1 aromatic heterocycles. The van der Waals surface area contributed by atoms with Crippen molar-refractivity contribution in [3.8, 4) is 0 Å². The highest BCUT2D eigenvalue weighted by molar-refractivity contribution is 5.57. The summed E-state index contributed by atoms with van der Waals surface area (Å²) in [6, 6.07) is 3.40. The van der Waals surface area contributed by atoms with Crippen LogP contribution in [0.1, 0.15) is 39.5 Å². The van der Waals surface area contributed by atoms with Crippen LogP contribution < -0.4 is 11.1 Å². The van der Waals surface area contributed by atoms with Gasteiger partial charge in [-0.1, -0.05) is 13.8 Å². The monoisotopic (exact) mass is 264 g/mol. The van der Waals surface area contributed by atoms with Gasteiger partial charge in [0.2, 0.25) is 5.82 Å². The molecule has 0 amide bonds. The smallest absolute Gasteiger partial charge is 0.311 e. The van der Waals surface area contributed by atoms with Gasteiger partial charge in [0.25, 0.3) is 0 Å². The van der Waals surface area contributed by atoms with E-state index in [0.29, 0.717) is 17.3 Å². The second-order valence-corrected chi connectivity index (χ2v) is 5.94. The Balaban J connectivity index is 2.01. The quantitative estimate of drug-likeness (QED) is 0.646. The molecule has 0 saturated heterocycles. The number of nitrogen functional groups attached to an aromatic ring is 1. The standard InChI is InChI=1S/C13H20N4O2/c1-13(2)7-5-9(6-8-13)15-11-4-3-10(17(18)19)12(14)16-11/h3-4,9H,5-8H2,1-2H3,(H3,14,15,16). The Hall–Kier alpha value is -1.85. The summed E-state index contributed by atoms with van der Waals surface area (Å²) < 4.78 is 0. The van der Waals surface area contributed by atoms with Gasteiger partial charge in [-0.2, -0.15) is 0 Å². The third-order valence-corrected chi connectivity index (χ3v) is 3.79. The lowest BCUT2D eigenvalue weighted by Crippen LogP contribution is -2.30. The number of nitrogens with one attached hydrogen (secondary N) is 1. The summed E-state index contributed by atoms with van der Waals surface area (Å²) in [7, 11) is 0. The summed E-state index contributed by atoms with van der Waals surface area (Å²) in [5.74, 6) is 0.582. The van der Waals surface area contributed by atoms with Crippen LogP contribution in [0.4, 0.5) is 17.3 Å². The van der Waals surface area contributed by atoms with Crippen molar-refractivity contribution < 1.29 is 4.92 Å². The Morgan fingerprint density at radius 2 is 2.05 bits per heavy atom. The summed E-state index contributed by atoms with van der Waals surface area (Å²) in [6.45, 7) is 4.57. The predicted molar refractivity (Wildman–Crippen MR) is 75.0 cm³/mol. The third kappa shape index (κ3) is 3.33. The number of pyridine rings is 1. The molecule has 1 aliphatic carbocycles. The first kappa shape index (κ1) is 13.6. The maximum atomic E-state index is 10.7. The highest BCUT2D eigenvalue weighted by atomic mass is 16.6. The Bertz CT molecular complexity index is 478. The highest BCUT2D eigenvalue weighted by Crippen LogP contribution is 2.36. The molecule has 1 aliphatic rings. The zero-order valence-electron chi connectivity index (χ0n) is 11.3. The number of anilines is 2. The molecule has 0 spiro atoms. The fraction of sp³-hybridized carbons (Fsp3) is 0.615. The van der Waals surface area contributed by atoms with Crippen LogP contribution in [0.15, 0.2) is 12.1 Å². The Morgan fingerprint density at radius 1 is 1.42 bits per heavy atom. The van der Waals surface area contributed by atoms with E-state index in [1.54, 1.807) is 6.07 Å². The molecule has 3 N–H and O–H groups in total. The van der Waals surface area contributed by atoms with Crippen LogP contribution in [0.2, 0.25) is 0 Å². The van der Waals surface area contributed by atoms with Crippen LogP contribution in [0.5, 0.6) is 0 Å². The van der Waals surface area contributed by atoms with E-state index in [4.69, 9.17) is 5.73 Å². The van der Waals surface area contributed by atoms with E-state index in [9.17, 15) is 10.1 Å². The molecule has 104 valence electrons. The molecular formula is C13H20N4O2. The lowest BCUT2D eigenvalue weighted by Gasteiger charge is -2.34. The van der Waals surface area contributed by atoms with Crippen LogP contribution >= 0.6 is 0 Å². The first-order valence-electron chi connectivity index (χ1n) is 6.55. The van der Waals surface area contributed by atoms with E-state index in [2.05, 4.69) is 24.1 Å². The van der Waals surface area contributed by atoms with E-state index in [-0.39, 0.29) is 11.5 Å². The number of hydrogen-bond acceptors (Lipinski definition) is 5. The van der Waals surface area contributed by atoms with Crippen molar-refractivity contribution >= 4 is 17.3 Å². The van der Waals surface area contributed by atoms with E-state index >= 15 is 0 Å². The second kappa shape index (κ2) is 5.03. The summed E-state index contributed by atoms with van der Waals surface area (Å²) in [6.07, 6.45) is 4.53. The average Bonchev–Trinajstić information content (AvgIpc) is 2.31. The van der Waals surface area contributed by atoms with Crippen molar-refractivity contribution in [1.82, 2.24) is 4.98 Å². The largest absolute Gasteiger partial charge is 0.378 e. The third-order valence-electron chi connectivity index (χ3n) is 3.79. The molecule has 0 radical (unpaired) electrons. The number of aromatic nitrogens is 1. The van der Waals surface area contributed by atoms with Crippen LogP contribution in [0.3, 0.4) is 0 Å². The van der Waals surface area contributed by atoms with Gasteiger partial charge >= 0.3 is 5.69 Å². The molecule has 1 saturated carbocycles. The summed E-state index contributed by atoms with van der Waals surface area (Å²) >= 11 is 0. The molecule has 1 heterocycles. The Kier molecular flexibility index (Phi) is 3.59. The number of nitrogens with zero attached hydrogens (tertiary/aromatic N) is 2. The maximum Gasteiger partial charge on any atom is 0.311 e. The number of nitrogens with two attached hydrogens (primary N) is 1. The molecule has 0 aliphatic heterocycles. The Morgan fingerprint density at radius 3 is 2.58 bits per heavy atom. The van der Waals surface area contributed by atoms with Gasteiger partial charge in [0.1, 0.15) is 5.82 Å². The average molecular weight is 264 g/mol. The normalized spacial score (nSPS) is 19.1.